The zero-order valence-corrected chi connectivity index (χ0v) is 13.5. The Morgan fingerprint density at radius 3 is 3.29 bits per heavy atom. The van der Waals surface area contributed by atoms with Crippen LogP contribution in [0.1, 0.15) is 28.6 Å². The van der Waals surface area contributed by atoms with Gasteiger partial charge in [0.25, 0.3) is 6.54 Å². The Labute approximate surface area is 151 Å². The van der Waals surface area contributed by atoms with E-state index >= 15 is 0 Å². The van der Waals surface area contributed by atoms with Gasteiger partial charge in [-0.2, -0.15) is 0 Å². The van der Waals surface area contributed by atoms with Crippen LogP contribution in [0.25, 0.3) is 15.9 Å². The number of H-pyrrole nitrogens is 1. The summed E-state index contributed by atoms with van der Waals surface area (Å²) in [5, 5.41) is 0.0247. The van der Waals surface area contributed by atoms with Gasteiger partial charge in [-0.25, -0.2) is 16.5 Å². The van der Waals surface area contributed by atoms with Gasteiger partial charge in [0, 0.05) is 31.2 Å². The molecule has 1 amide bonds. The van der Waals surface area contributed by atoms with Crippen LogP contribution in [-0.4, -0.2) is 58.4 Å². The lowest BCUT2D eigenvalue weighted by Crippen LogP contribution is -2.53. The second-order valence-electron chi connectivity index (χ2n) is 5.69. The van der Waals surface area contributed by atoms with Crippen molar-refractivity contribution in [3.8, 4) is 0 Å². The van der Waals surface area contributed by atoms with Gasteiger partial charge in [-0.1, -0.05) is 6.92 Å². The van der Waals surface area contributed by atoms with Gasteiger partial charge in [-0.15, -0.1) is 0 Å². The van der Waals surface area contributed by atoms with E-state index in [1.807, 2.05) is 0 Å². The second kappa shape index (κ2) is 6.48. The first-order valence-corrected chi connectivity index (χ1v) is 7.48. The highest BCUT2D eigenvalue weighted by Crippen LogP contribution is 2.29. The van der Waals surface area contributed by atoms with Crippen LogP contribution in [0.2, 0.25) is 0 Å². The minimum Gasteiger partial charge on any atom is -0.354 e. The number of nitrogens with one attached hydrogen (secondary N) is 1. The zero-order chi connectivity index (χ0) is 23.4. The number of carbonyl (C=O) groups is 1. The van der Waals surface area contributed by atoms with E-state index in [0.29, 0.717) is 10.6 Å². The van der Waals surface area contributed by atoms with Gasteiger partial charge in [-0.3, -0.25) is 4.79 Å². The van der Waals surface area contributed by atoms with Crippen LogP contribution in [0.15, 0.2) is 12.3 Å². The summed E-state index contributed by atoms with van der Waals surface area (Å²) in [5.41, 5.74) is 0.464. The van der Waals surface area contributed by atoms with Gasteiger partial charge in [-0.05, 0) is 25.3 Å². The Bertz CT molecular complexity index is 1080. The van der Waals surface area contributed by atoms with Gasteiger partial charge in [0.2, 0.25) is 0 Å². The fourth-order valence-electron chi connectivity index (χ4n) is 2.72. The van der Waals surface area contributed by atoms with E-state index in [-0.39, 0.29) is 35.9 Å². The summed E-state index contributed by atoms with van der Waals surface area (Å²) >= 11 is 0. The van der Waals surface area contributed by atoms with Crippen molar-refractivity contribution < 1.29 is 14.4 Å². The second-order valence-corrected chi connectivity index (χ2v) is 5.69. The summed E-state index contributed by atoms with van der Waals surface area (Å²) in [4.78, 5) is 28.0. The summed E-state index contributed by atoms with van der Waals surface area (Å²) in [6.07, 6.45) is -0.515. The van der Waals surface area contributed by atoms with Crippen LogP contribution >= 0.6 is 0 Å². The Morgan fingerprint density at radius 1 is 1.71 bits per heavy atom. The van der Waals surface area contributed by atoms with Crippen LogP contribution in [0, 0.1) is 19.4 Å². The highest BCUT2D eigenvalue weighted by molar-refractivity contribution is 5.88. The first-order chi connectivity index (χ1) is 14.2. The van der Waals surface area contributed by atoms with Gasteiger partial charge in [0.1, 0.15) is 19.1 Å². The van der Waals surface area contributed by atoms with Crippen LogP contribution in [-0.2, 0) is 4.79 Å². The average Bonchev–Trinajstić information content (AvgIpc) is 2.90. The quantitative estimate of drug-likeness (QED) is 0.871. The van der Waals surface area contributed by atoms with Crippen molar-refractivity contribution in [3.63, 3.8) is 0 Å². The van der Waals surface area contributed by atoms with E-state index in [4.69, 9.17) is 16.2 Å². The molecule has 0 bridgehead atoms. The summed E-state index contributed by atoms with van der Waals surface area (Å²) in [6, 6.07) is -2.29. The van der Waals surface area contributed by atoms with E-state index in [2.05, 4.69) is 19.8 Å². The molecule has 24 heavy (non-hydrogen) atoms. The van der Waals surface area contributed by atoms with Gasteiger partial charge in [0.05, 0.1) is 14.1 Å². The molecule has 126 valence electrons. The molecule has 7 nitrogen and oxygen atoms in total. The molecule has 7 heteroatoms. The number of likely N-dealkylation sites (N-methyl/N-ethyl adjacent to an activating group) is 1. The van der Waals surface area contributed by atoms with E-state index in [1.165, 1.54) is 11.8 Å². The molecular formula is C17H22N6O. The smallest absolute Gasteiger partial charge is 0.302 e. The van der Waals surface area contributed by atoms with Crippen LogP contribution < -0.4 is 4.90 Å². The van der Waals surface area contributed by atoms with Gasteiger partial charge < -0.3 is 19.6 Å². The molecule has 2 atom stereocenters. The van der Waals surface area contributed by atoms with Crippen molar-refractivity contribution in [2.45, 2.75) is 26.3 Å². The number of fused-ring (bicyclic) bond motifs is 1. The molecule has 1 N–H and O–H groups in total. The molecule has 0 radical (unpaired) electrons. The number of anilines is 1. The molecule has 2 aromatic heterocycles. The van der Waals surface area contributed by atoms with Crippen LogP contribution in [0.4, 0.5) is 5.82 Å². The van der Waals surface area contributed by atoms with Crippen molar-refractivity contribution >= 4 is 22.8 Å². The highest BCUT2D eigenvalue weighted by Gasteiger charge is 2.33. The maximum Gasteiger partial charge on any atom is 0.302 e. The van der Waals surface area contributed by atoms with Crippen molar-refractivity contribution in [2.75, 3.05) is 31.5 Å². The first-order valence-electron chi connectivity index (χ1n) is 11.0. The van der Waals surface area contributed by atoms with Crippen molar-refractivity contribution in [1.29, 1.82) is 0 Å². The number of likely N-dealkylation sites (tertiary alicyclic amines) is 1. The minimum atomic E-state index is -2.98. The van der Waals surface area contributed by atoms with E-state index in [1.54, 1.807) is 6.92 Å². The fraction of sp³-hybridized carbons (Fsp3) is 0.529. The van der Waals surface area contributed by atoms with Crippen molar-refractivity contribution in [1.82, 2.24) is 19.9 Å². The number of piperidine rings is 1. The Morgan fingerprint density at radius 2 is 2.54 bits per heavy atom. The number of carbonyl (C=O) groups excluding carboxylic acids is 1. The molecule has 1 aliphatic rings. The predicted molar refractivity (Wildman–Crippen MR) is 92.6 cm³/mol. The molecule has 0 saturated carbocycles. The molecule has 1 fully saturated rings. The summed E-state index contributed by atoms with van der Waals surface area (Å²) in [7, 11) is 0. The van der Waals surface area contributed by atoms with E-state index < -0.39 is 44.2 Å². The normalized spacial score (nSPS) is 31.7. The maximum atomic E-state index is 12.3. The number of aromatic nitrogens is 3. The number of aryl methyl sites for hydroxylation is 1. The van der Waals surface area contributed by atoms with E-state index in [9.17, 15) is 4.79 Å². The Balaban J connectivity index is 2.27. The molecule has 0 aromatic carbocycles. The molecule has 3 heterocycles. The summed E-state index contributed by atoms with van der Waals surface area (Å²) in [5.74, 6) is -2.54. The molecular weight excluding hydrogens is 304 g/mol. The largest absolute Gasteiger partial charge is 0.354 e. The number of aromatic amines is 1. The molecule has 0 unspecified atom stereocenters. The van der Waals surface area contributed by atoms with Gasteiger partial charge >= 0.3 is 5.91 Å². The van der Waals surface area contributed by atoms with Crippen molar-refractivity contribution in [2.24, 2.45) is 5.89 Å². The number of rotatable bonds is 3. The highest BCUT2D eigenvalue weighted by atomic mass is 16.2. The number of hydrogen-bond donors (Lipinski definition) is 1. The van der Waals surface area contributed by atoms with Crippen LogP contribution in [0.3, 0.4) is 0 Å². The number of amides is 1. The van der Waals surface area contributed by atoms with Crippen LogP contribution in [0.5, 0.6) is 0 Å². The number of hydrogen-bond acceptors (Lipinski definition) is 4. The molecule has 0 spiro atoms. The lowest BCUT2D eigenvalue weighted by atomic mass is 9.92. The lowest BCUT2D eigenvalue weighted by molar-refractivity contribution is -0.130. The summed E-state index contributed by atoms with van der Waals surface area (Å²) < 4.78 is 58.6. The van der Waals surface area contributed by atoms with Gasteiger partial charge in [0.15, 0.2) is 0 Å². The molecule has 1 saturated heterocycles. The molecule has 1 aliphatic heterocycles. The molecule has 3 rings (SSSR count). The zero-order valence-electron chi connectivity index (χ0n) is 20.5. The molecule has 0 aliphatic carbocycles. The minimum absolute atomic E-state index is 0.00528. The molecule has 2 aromatic rings. The third-order valence-corrected chi connectivity index (χ3v) is 4.04. The first kappa shape index (κ1) is 9.62. The monoisotopic (exact) mass is 333 g/mol. The van der Waals surface area contributed by atoms with E-state index in [0.717, 1.165) is 0 Å². The fourth-order valence-corrected chi connectivity index (χ4v) is 2.72. The standard InChI is InChI=1S/C17H22N6O/c1-11-5-6-23(15(24)8-18-3)9-14(11)22(4)17-13-7-12(2)21-16(13)19-10-20-17/h7,10-11,14H,5-6,8-9H2,1-2,4H3,(H,19,20,21)/t11-,14+/m1/s1/i4D3,7D,10D,11D,14D. The third kappa shape index (κ3) is 2.92. The maximum absolute atomic E-state index is 12.3. The average molecular weight is 333 g/mol. The lowest BCUT2D eigenvalue weighted by Gasteiger charge is -2.41. The Hall–Kier alpha value is -2.62. The summed E-state index contributed by atoms with van der Waals surface area (Å²) in [6.45, 7) is 6.16. The third-order valence-electron chi connectivity index (χ3n) is 4.04. The topological polar surface area (TPSA) is 69.5 Å². The SMILES string of the molecule is [2H]c1nc(N(C([2H])([2H])[2H])[C@@]2([2H])CN(C(=O)C[N+]#[C-])CC[C@@]2([2H])C)c2c([2H])c(C)[nH]c2n1. The number of nitrogens with zero attached hydrogens (tertiary/aromatic N) is 5. The predicted octanol–water partition coefficient (Wildman–Crippen LogP) is 1.86. The Kier molecular flexibility index (Phi) is 2.60. The van der Waals surface area contributed by atoms with Crippen molar-refractivity contribution in [3.05, 3.63) is 29.5 Å².